The van der Waals surface area contributed by atoms with Crippen LogP contribution in [0.2, 0.25) is 10.0 Å². The molecule has 0 spiro atoms. The number of methoxy groups -OCH3 is 1. The highest BCUT2D eigenvalue weighted by Crippen LogP contribution is 2.35. The van der Waals surface area contributed by atoms with Crippen LogP contribution in [0.3, 0.4) is 0 Å². The van der Waals surface area contributed by atoms with Crippen molar-refractivity contribution < 1.29 is 52.4 Å². The summed E-state index contributed by atoms with van der Waals surface area (Å²) in [6.07, 6.45) is 3.91. The lowest BCUT2D eigenvalue weighted by Gasteiger charge is -2.42. The Morgan fingerprint density at radius 1 is 0.819 bits per heavy atom. The quantitative estimate of drug-likeness (QED) is 0.0422. The van der Waals surface area contributed by atoms with E-state index >= 15 is 0 Å². The Hall–Kier alpha value is -8.51. The Kier molecular flexibility index (Phi) is 22.8. The molecule has 2 aromatic heterocycles. The number of carbonyl (C=O) groups is 5. The third-order valence-electron chi connectivity index (χ3n) is 16.8. The fourth-order valence-electron chi connectivity index (χ4n) is 12.3. The van der Waals surface area contributed by atoms with Gasteiger partial charge in [-0.2, -0.15) is 0 Å². The number of nitrogens with zero attached hydrogens (tertiary/aromatic N) is 5. The number of para-hydroxylation sites is 1. The molecule has 1 aliphatic carbocycles. The molecule has 94 heavy (non-hydrogen) atoms. The van der Waals surface area contributed by atoms with E-state index in [0.717, 1.165) is 46.5 Å². The number of fused-ring (bicyclic) bond motifs is 3. The number of aliphatic hydroxyl groups excluding tert-OH is 2. The van der Waals surface area contributed by atoms with Crippen LogP contribution in [0.1, 0.15) is 99.9 Å². The van der Waals surface area contributed by atoms with E-state index in [0.29, 0.717) is 71.0 Å². The Morgan fingerprint density at radius 2 is 1.50 bits per heavy atom. The van der Waals surface area contributed by atoms with Gasteiger partial charge >= 0.3 is 5.97 Å². The predicted molar refractivity (Wildman–Crippen MR) is 362 cm³/mol. The smallest absolute Gasteiger partial charge is 0.307 e. The summed E-state index contributed by atoms with van der Waals surface area (Å²) in [5.41, 5.74) is 11.1. The van der Waals surface area contributed by atoms with E-state index in [1.54, 1.807) is 67.7 Å². The number of pyridine rings is 1. The first-order valence-electron chi connectivity index (χ1n) is 30.9. The second-order valence-electron chi connectivity index (χ2n) is 24.9. The molecule has 2 aliphatic heterocycles. The molecule has 11 rings (SSSR count). The van der Waals surface area contributed by atoms with Gasteiger partial charge < -0.3 is 30.7 Å². The van der Waals surface area contributed by atoms with Crippen LogP contribution in [0, 0.1) is 12.8 Å². The van der Waals surface area contributed by atoms with Gasteiger partial charge in [0.2, 0.25) is 21.8 Å². The minimum absolute atomic E-state index is 0.0195. The number of hydrazine groups is 1. The maximum atomic E-state index is 13.8. The number of aliphatic hydroxyl groups is 2. The van der Waals surface area contributed by atoms with Crippen molar-refractivity contribution >= 4 is 79.4 Å². The third-order valence-corrected chi connectivity index (χ3v) is 18.4. The second-order valence-corrected chi connectivity index (χ2v) is 27.3. The van der Waals surface area contributed by atoms with Crippen LogP contribution in [-0.2, 0) is 56.6 Å². The van der Waals surface area contributed by atoms with Crippen LogP contribution in [0.25, 0.3) is 10.9 Å². The van der Waals surface area contributed by atoms with Crippen LogP contribution in [0.15, 0.2) is 169 Å². The predicted octanol–water partition coefficient (Wildman–Crippen LogP) is 8.88. The SMILES string of the molecule is CC(C)(C)NC(=O)[C@@H]1CN(Cc2cccnc2)CCN1C[C@@H](O)C[C@@H](Cc1ccccc1)C(=O)N[C@H]1c2ccccc2C[C@H]1O.CC1Cc2ccccc2N1NC(=O)c1ccc(Cl)c(S(N)(=O)=O)c1.COc1ccc2c(c1)c(CC(=O)O)c(C)n2C(=O)c1ccc(Cl)cc1. The van der Waals surface area contributed by atoms with Gasteiger partial charge in [-0.15, -0.1) is 0 Å². The summed E-state index contributed by atoms with van der Waals surface area (Å²) in [7, 11) is -2.46. The number of benzene rings is 6. The minimum Gasteiger partial charge on any atom is -0.497 e. The zero-order chi connectivity index (χ0) is 67.6. The van der Waals surface area contributed by atoms with Crippen LogP contribution in [-0.4, -0.2) is 136 Å². The summed E-state index contributed by atoms with van der Waals surface area (Å²) in [4.78, 5) is 72.4. The number of hydrogen-bond acceptors (Lipinski definition) is 14. The zero-order valence-electron chi connectivity index (χ0n) is 53.2. The maximum absolute atomic E-state index is 13.8. The average molecular weight is 1340 g/mol. The molecule has 1 fully saturated rings. The highest BCUT2D eigenvalue weighted by atomic mass is 35.5. The number of aliphatic carboxylic acids is 1. The molecule has 0 bridgehead atoms. The normalized spacial score (nSPS) is 17.7. The number of primary sulfonamides is 1. The molecule has 23 heteroatoms. The number of rotatable bonds is 18. The number of amides is 3. The summed E-state index contributed by atoms with van der Waals surface area (Å²) in [6.45, 7) is 12.5. The van der Waals surface area contributed by atoms with Crippen molar-refractivity contribution in [1.29, 1.82) is 0 Å². The molecule has 4 heterocycles. The number of nitrogens with one attached hydrogen (secondary N) is 3. The topological polar surface area (TPSA) is 279 Å². The van der Waals surface area contributed by atoms with Gasteiger partial charge in [-0.25, -0.2) is 13.6 Å². The van der Waals surface area contributed by atoms with Crippen molar-refractivity contribution in [2.24, 2.45) is 11.1 Å². The number of piperazine rings is 1. The van der Waals surface area contributed by atoms with E-state index in [-0.39, 0.29) is 58.6 Å². The average Bonchev–Trinajstić information content (AvgIpc) is 1.61. The lowest BCUT2D eigenvalue weighted by atomic mass is 9.91. The number of hydrogen-bond donors (Lipinski definition) is 7. The number of carboxylic acids is 1. The Labute approximate surface area is 557 Å². The number of ether oxygens (including phenoxy) is 1. The molecular weight excluding hydrogens is 1260 g/mol. The standard InChI is InChI=1S/C36H47N5O4.C19H16ClNO4.C16H16ClN3O3S/c1-36(2,3)39-35(45)31-24-40(22-26-12-9-15-37-21-26)16-17-41(31)23-29(42)19-28(18-25-10-5-4-6-11-25)34(44)38-33-30-14-8-7-13-27(30)20-32(33)43;1-11-15(10-18(22)23)16-9-14(25-2)7-8-17(16)21(11)19(24)12-3-5-13(20)6-4-12;1-10-8-11-4-2-3-5-14(11)20(10)19-16(21)12-6-7-13(17)15(9-12)24(18,22)23/h4-15,21,28-29,31-33,42-43H,16-20,22-24H2,1-3H3,(H,38,44)(H,39,45);3-9H,10H2,1-2H3,(H,22,23);2-7,9-10H,8H2,1H3,(H,19,21)(H2,18,22,23)/t28-,29+,31+,32-,33+;;/m1../s1. The fourth-order valence-corrected chi connectivity index (χ4v) is 13.5. The van der Waals surface area contributed by atoms with Crippen LogP contribution in [0.4, 0.5) is 5.69 Å². The summed E-state index contributed by atoms with van der Waals surface area (Å²) in [6, 6.07) is 44.4. The number of sulfonamides is 1. The van der Waals surface area contributed by atoms with E-state index in [9.17, 15) is 47.7 Å². The van der Waals surface area contributed by atoms with Crippen LogP contribution >= 0.6 is 23.2 Å². The zero-order valence-corrected chi connectivity index (χ0v) is 55.5. The van der Waals surface area contributed by atoms with Crippen molar-refractivity contribution in [2.75, 3.05) is 38.3 Å². The van der Waals surface area contributed by atoms with Crippen molar-refractivity contribution in [1.82, 2.24) is 35.4 Å². The molecule has 6 atom stereocenters. The number of carboxylic acid groups (broad SMARTS) is 1. The Morgan fingerprint density at radius 3 is 2.18 bits per heavy atom. The number of carbonyl (C=O) groups excluding carboxylic acids is 4. The molecule has 1 saturated heterocycles. The number of aromatic nitrogens is 2. The van der Waals surface area contributed by atoms with E-state index in [2.05, 4.69) is 30.8 Å². The van der Waals surface area contributed by atoms with Crippen molar-refractivity contribution in [3.63, 3.8) is 0 Å². The molecule has 1 unspecified atom stereocenters. The number of nitrogens with two attached hydrogens (primary N) is 1. The molecule has 20 nitrogen and oxygen atoms in total. The molecule has 3 amide bonds. The first-order valence-corrected chi connectivity index (χ1v) is 33.2. The van der Waals surface area contributed by atoms with E-state index < -0.39 is 57.6 Å². The molecular formula is C71H79Cl2N9O11S. The van der Waals surface area contributed by atoms with E-state index in [1.807, 2.05) is 125 Å². The van der Waals surface area contributed by atoms with Gasteiger partial charge in [-0.05, 0) is 160 Å². The largest absolute Gasteiger partial charge is 0.497 e. The van der Waals surface area contributed by atoms with Crippen molar-refractivity contribution in [2.45, 2.75) is 114 Å². The highest BCUT2D eigenvalue weighted by Gasteiger charge is 2.38. The summed E-state index contributed by atoms with van der Waals surface area (Å²) in [5, 5.41) is 45.9. The van der Waals surface area contributed by atoms with Gasteiger partial charge in [0.15, 0.2) is 0 Å². The number of β-amino-alcohol motifs (C(OH)–C–C–N with tert-alkyl or cyclic N) is 1. The van der Waals surface area contributed by atoms with Crippen molar-refractivity contribution in [3.05, 3.63) is 224 Å². The van der Waals surface area contributed by atoms with Gasteiger partial charge in [0.1, 0.15) is 16.7 Å². The van der Waals surface area contributed by atoms with Gasteiger partial charge in [0.05, 0.1) is 54.0 Å². The number of halogens is 2. The minimum atomic E-state index is -4.00. The van der Waals surface area contributed by atoms with Gasteiger partial charge in [0, 0.05) is 90.2 Å². The molecule has 8 N–H and O–H groups in total. The van der Waals surface area contributed by atoms with E-state index in [1.165, 1.54) is 22.8 Å². The monoisotopic (exact) mass is 1340 g/mol. The van der Waals surface area contributed by atoms with Crippen molar-refractivity contribution in [3.8, 4) is 5.75 Å². The molecule has 494 valence electrons. The summed E-state index contributed by atoms with van der Waals surface area (Å²) < 4.78 is 29.9. The van der Waals surface area contributed by atoms with Gasteiger partial charge in [0.25, 0.3) is 11.8 Å². The molecule has 3 aliphatic rings. The molecule has 6 aromatic carbocycles. The van der Waals surface area contributed by atoms with Gasteiger partial charge in [-0.1, -0.05) is 102 Å². The lowest BCUT2D eigenvalue weighted by molar-refractivity contribution is -0.136. The number of anilines is 1. The fraction of sp³-hybridized carbons (Fsp3) is 0.324. The third kappa shape index (κ3) is 17.6. The first kappa shape index (κ1) is 69.8. The lowest BCUT2D eigenvalue weighted by Crippen LogP contribution is -2.61. The summed E-state index contributed by atoms with van der Waals surface area (Å²) in [5.74, 6) is -1.80. The molecule has 0 radical (unpaired) electrons. The Balaban J connectivity index is 0.000000180. The van der Waals surface area contributed by atoms with Crippen LogP contribution in [0.5, 0.6) is 5.75 Å². The van der Waals surface area contributed by atoms with E-state index in [4.69, 9.17) is 33.1 Å². The van der Waals surface area contributed by atoms with Crippen LogP contribution < -0.4 is 30.9 Å². The first-order chi connectivity index (χ1) is 44.7. The van der Waals surface area contributed by atoms with Gasteiger partial charge in [-0.3, -0.25) is 53.8 Å². The maximum Gasteiger partial charge on any atom is 0.307 e. The summed E-state index contributed by atoms with van der Waals surface area (Å²) >= 11 is 11.7. The highest BCUT2D eigenvalue weighted by molar-refractivity contribution is 7.89. The molecule has 8 aromatic rings. The molecule has 0 saturated carbocycles. The Bertz CT molecular complexity index is 4140. The second kappa shape index (κ2) is 30.7.